The molecule has 0 aliphatic carbocycles. The molecule has 0 spiro atoms. The maximum absolute atomic E-state index is 9.46. The molecule has 23 heavy (non-hydrogen) atoms. The minimum Gasteiger partial charge on any atom is -0.348 e. The Labute approximate surface area is 145 Å². The van der Waals surface area contributed by atoms with Crippen LogP contribution < -0.4 is 5.32 Å². The fourth-order valence-corrected chi connectivity index (χ4v) is 2.85. The van der Waals surface area contributed by atoms with Crippen LogP contribution in [-0.4, -0.2) is 9.97 Å². The zero-order valence-corrected chi connectivity index (χ0v) is 14.3. The smallest absolute Gasteiger partial charge is 0.223 e. The van der Waals surface area contributed by atoms with E-state index in [4.69, 9.17) is 11.6 Å². The molecule has 0 radical (unpaired) electrons. The molecule has 116 valence electrons. The van der Waals surface area contributed by atoms with Crippen LogP contribution in [0, 0.1) is 18.3 Å². The lowest BCUT2D eigenvalue weighted by atomic mass is 10.2. The van der Waals surface area contributed by atoms with Gasteiger partial charge >= 0.3 is 0 Å². The van der Waals surface area contributed by atoms with Gasteiger partial charge in [0, 0.05) is 16.8 Å². The summed E-state index contributed by atoms with van der Waals surface area (Å²) in [6.45, 7) is 3.78. The summed E-state index contributed by atoms with van der Waals surface area (Å²) in [7, 11) is 0. The molecule has 1 aliphatic heterocycles. The van der Waals surface area contributed by atoms with E-state index >= 15 is 0 Å². The third-order valence-electron chi connectivity index (χ3n) is 2.79. The number of nitrogens with one attached hydrogen (secondary N) is 1. The van der Waals surface area contributed by atoms with Gasteiger partial charge in [-0.25, -0.2) is 9.97 Å². The van der Waals surface area contributed by atoms with E-state index in [2.05, 4.69) is 21.4 Å². The van der Waals surface area contributed by atoms with E-state index in [1.165, 1.54) is 11.8 Å². The Morgan fingerprint density at radius 2 is 2.09 bits per heavy atom. The van der Waals surface area contributed by atoms with E-state index in [0.717, 1.165) is 16.4 Å². The molecule has 0 aromatic carbocycles. The lowest BCUT2D eigenvalue weighted by Crippen LogP contribution is -2.06. The molecule has 1 N–H and O–H groups in total. The number of allylic oxidation sites excluding steroid dienone is 7. The molecule has 2 heterocycles. The van der Waals surface area contributed by atoms with Crippen molar-refractivity contribution in [2.24, 2.45) is 0 Å². The van der Waals surface area contributed by atoms with Crippen molar-refractivity contribution in [2.75, 3.05) is 0 Å². The highest BCUT2D eigenvalue weighted by molar-refractivity contribution is 8.06. The normalized spacial score (nSPS) is 16.9. The van der Waals surface area contributed by atoms with Crippen LogP contribution in [0.25, 0.3) is 5.57 Å². The molecule has 1 aromatic rings. The van der Waals surface area contributed by atoms with Crippen LogP contribution >= 0.6 is 23.4 Å². The average Bonchev–Trinajstić information content (AvgIpc) is 2.95. The number of halogens is 1. The van der Waals surface area contributed by atoms with Gasteiger partial charge < -0.3 is 5.32 Å². The second-order valence-corrected chi connectivity index (χ2v) is 5.78. The summed E-state index contributed by atoms with van der Waals surface area (Å²) in [6, 6.07) is 3.93. The van der Waals surface area contributed by atoms with E-state index in [1.54, 1.807) is 6.07 Å². The van der Waals surface area contributed by atoms with E-state index in [9.17, 15) is 5.26 Å². The van der Waals surface area contributed by atoms with Crippen molar-refractivity contribution in [3.63, 3.8) is 0 Å². The highest BCUT2D eigenvalue weighted by Crippen LogP contribution is 2.31. The number of thioether (sulfide) groups is 1. The van der Waals surface area contributed by atoms with Gasteiger partial charge in [0.25, 0.3) is 0 Å². The van der Waals surface area contributed by atoms with Gasteiger partial charge in [-0.3, -0.25) is 0 Å². The van der Waals surface area contributed by atoms with Gasteiger partial charge in [-0.1, -0.05) is 42.1 Å². The van der Waals surface area contributed by atoms with Crippen molar-refractivity contribution in [2.45, 2.75) is 13.8 Å². The predicted molar refractivity (Wildman–Crippen MR) is 96.2 cm³/mol. The maximum atomic E-state index is 9.46. The minimum absolute atomic E-state index is 0.138. The molecule has 0 bridgehead atoms. The summed E-state index contributed by atoms with van der Waals surface area (Å²) in [5.41, 5.74) is 2.61. The monoisotopic (exact) mass is 342 g/mol. The molecular formula is C17H15ClN4S. The summed E-state index contributed by atoms with van der Waals surface area (Å²) < 4.78 is 0. The zero-order valence-electron chi connectivity index (χ0n) is 12.7. The van der Waals surface area contributed by atoms with Gasteiger partial charge in [0.1, 0.15) is 11.6 Å². The SMILES string of the molecule is C\C=C/C=C\C=C\C1=CS/C(=C(/C#N)c2cc(C)nc(Cl)n2)N1. The molecule has 1 aromatic heterocycles. The van der Waals surface area contributed by atoms with Crippen LogP contribution in [0.5, 0.6) is 0 Å². The predicted octanol–water partition coefficient (Wildman–Crippen LogP) is 4.50. The second-order valence-electron chi connectivity index (χ2n) is 4.57. The first-order chi connectivity index (χ1) is 11.1. The number of nitriles is 1. The standard InChI is InChI=1S/C17H15ClN4S/c1-3-4-5-6-7-8-13-11-23-16(21-13)14(10-19)15-9-12(2)20-17(18)22-15/h3-9,11,21H,1-2H3/b4-3-,6-5-,8-7+,16-14-. The van der Waals surface area contributed by atoms with E-state index in [0.29, 0.717) is 11.3 Å². The fraction of sp³-hybridized carbons (Fsp3) is 0.118. The van der Waals surface area contributed by atoms with Gasteiger partial charge in [0.15, 0.2) is 0 Å². The summed E-state index contributed by atoms with van der Waals surface area (Å²) in [5, 5.41) is 15.5. The van der Waals surface area contributed by atoms with Gasteiger partial charge in [0.05, 0.1) is 10.7 Å². The molecule has 4 nitrogen and oxygen atoms in total. The topological polar surface area (TPSA) is 61.6 Å². The molecule has 1 aliphatic rings. The van der Waals surface area contributed by atoms with Crippen LogP contribution in [0.15, 0.2) is 58.7 Å². The van der Waals surface area contributed by atoms with E-state index in [1.807, 2.05) is 55.7 Å². The second kappa shape index (κ2) is 8.37. The number of aryl methyl sites for hydroxylation is 1. The quantitative estimate of drug-likeness (QED) is 0.496. The van der Waals surface area contributed by atoms with Crippen LogP contribution in [-0.2, 0) is 0 Å². The Bertz CT molecular complexity index is 762. The highest BCUT2D eigenvalue weighted by Gasteiger charge is 2.16. The lowest BCUT2D eigenvalue weighted by Gasteiger charge is -2.05. The number of aromatic nitrogens is 2. The third-order valence-corrected chi connectivity index (χ3v) is 3.87. The first-order valence-corrected chi connectivity index (χ1v) is 8.15. The largest absolute Gasteiger partial charge is 0.348 e. The zero-order chi connectivity index (χ0) is 16.7. The van der Waals surface area contributed by atoms with Gasteiger partial charge in [0.2, 0.25) is 5.28 Å². The molecule has 0 saturated carbocycles. The third kappa shape index (κ3) is 4.85. The Hall–Kier alpha value is -2.29. The number of nitrogens with zero attached hydrogens (tertiary/aromatic N) is 3. The molecule has 0 fully saturated rings. The summed E-state index contributed by atoms with van der Waals surface area (Å²) in [5.74, 6) is 0. The van der Waals surface area contributed by atoms with Crippen molar-refractivity contribution in [1.82, 2.24) is 15.3 Å². The van der Waals surface area contributed by atoms with Crippen LogP contribution in [0.1, 0.15) is 18.3 Å². The van der Waals surface area contributed by atoms with Crippen molar-refractivity contribution in [3.8, 4) is 6.07 Å². The lowest BCUT2D eigenvalue weighted by molar-refractivity contribution is 1.07. The summed E-state index contributed by atoms with van der Waals surface area (Å²) in [6.07, 6.45) is 11.7. The van der Waals surface area contributed by atoms with Gasteiger partial charge in [-0.05, 0) is 37.6 Å². The van der Waals surface area contributed by atoms with Gasteiger partial charge in [-0.15, -0.1) is 0 Å². The summed E-state index contributed by atoms with van der Waals surface area (Å²) >= 11 is 7.33. The molecule has 2 rings (SSSR count). The number of hydrogen-bond donors (Lipinski definition) is 1. The fourth-order valence-electron chi connectivity index (χ4n) is 1.80. The Balaban J connectivity index is 2.18. The molecule has 6 heteroatoms. The van der Waals surface area contributed by atoms with Crippen molar-refractivity contribution >= 4 is 28.9 Å². The Morgan fingerprint density at radius 3 is 2.78 bits per heavy atom. The van der Waals surface area contributed by atoms with Crippen LogP contribution in [0.3, 0.4) is 0 Å². The highest BCUT2D eigenvalue weighted by atomic mass is 35.5. The van der Waals surface area contributed by atoms with Crippen LogP contribution in [0.2, 0.25) is 5.28 Å². The molecule has 0 atom stereocenters. The van der Waals surface area contributed by atoms with E-state index in [-0.39, 0.29) is 5.28 Å². The van der Waals surface area contributed by atoms with Crippen LogP contribution in [0.4, 0.5) is 0 Å². The average molecular weight is 343 g/mol. The Kier molecular flexibility index (Phi) is 6.21. The molecule has 0 amide bonds. The number of rotatable bonds is 4. The maximum Gasteiger partial charge on any atom is 0.223 e. The van der Waals surface area contributed by atoms with Crippen molar-refractivity contribution in [1.29, 1.82) is 5.26 Å². The summed E-state index contributed by atoms with van der Waals surface area (Å²) in [4.78, 5) is 8.15. The minimum atomic E-state index is 0.138. The van der Waals surface area contributed by atoms with Crippen molar-refractivity contribution in [3.05, 3.63) is 75.3 Å². The van der Waals surface area contributed by atoms with Crippen molar-refractivity contribution < 1.29 is 0 Å². The number of hydrogen-bond acceptors (Lipinski definition) is 5. The molecule has 0 unspecified atom stereocenters. The first-order valence-electron chi connectivity index (χ1n) is 6.90. The Morgan fingerprint density at radius 1 is 1.30 bits per heavy atom. The molecule has 0 saturated heterocycles. The van der Waals surface area contributed by atoms with E-state index < -0.39 is 0 Å². The van der Waals surface area contributed by atoms with Gasteiger partial charge in [-0.2, -0.15) is 5.26 Å². The molecular weight excluding hydrogens is 328 g/mol. The first kappa shape index (κ1) is 17.1.